The number of rotatable bonds is 0. The Balaban J connectivity index is 2.24. The van der Waals surface area contributed by atoms with Gasteiger partial charge < -0.3 is 0 Å². The maximum atomic E-state index is 14.1. The minimum absolute atomic E-state index is 0.0135. The molecule has 0 amide bonds. The highest BCUT2D eigenvalue weighted by atomic mass is 19.1. The monoisotopic (exact) mass is 172 g/mol. The van der Waals surface area contributed by atoms with Crippen LogP contribution in [0, 0.1) is 39.9 Å². The van der Waals surface area contributed by atoms with Crippen LogP contribution in [-0.2, 0) is 0 Å². The molecule has 0 heterocycles. The van der Waals surface area contributed by atoms with E-state index in [9.17, 15) is 4.39 Å². The Labute approximate surface area is 74.6 Å². The minimum Gasteiger partial charge on any atom is -0.233 e. The number of hydrogen-bond acceptors (Lipinski definition) is 2. The molecule has 4 unspecified atom stereocenters. The average Bonchev–Trinajstić information content (AvgIpc) is 2.57. The van der Waals surface area contributed by atoms with E-state index < -0.39 is 11.1 Å². The number of fused-ring (bicyclic) bond motifs is 1. The molecule has 0 aromatic carbocycles. The highest BCUT2D eigenvalue weighted by Gasteiger charge is 2.78. The standard InChI is InChI=1S/C10H5FN2/c11-10-2-1-7-8(10)9(7,5-13)3-6(10)4-12/h1-3,7-8H. The molecule has 1 fully saturated rings. The smallest absolute Gasteiger partial charge is 0.168 e. The van der Waals surface area contributed by atoms with Gasteiger partial charge >= 0.3 is 0 Å². The fraction of sp³-hybridized carbons (Fsp3) is 0.400. The van der Waals surface area contributed by atoms with Gasteiger partial charge in [-0.05, 0) is 12.2 Å². The van der Waals surface area contributed by atoms with Gasteiger partial charge in [-0.25, -0.2) is 4.39 Å². The number of hydrogen-bond donors (Lipinski definition) is 0. The predicted octanol–water partition coefficient (Wildman–Crippen LogP) is 1.48. The van der Waals surface area contributed by atoms with E-state index in [4.69, 9.17) is 10.5 Å². The van der Waals surface area contributed by atoms with Crippen molar-refractivity contribution in [1.82, 2.24) is 0 Å². The van der Waals surface area contributed by atoms with E-state index in [2.05, 4.69) is 6.07 Å². The van der Waals surface area contributed by atoms with Crippen LogP contribution in [0.4, 0.5) is 4.39 Å². The molecule has 1 saturated carbocycles. The first-order valence-electron chi connectivity index (χ1n) is 4.12. The molecule has 0 spiro atoms. The lowest BCUT2D eigenvalue weighted by atomic mass is 9.97. The van der Waals surface area contributed by atoms with Crippen LogP contribution in [0.1, 0.15) is 0 Å². The van der Waals surface area contributed by atoms with E-state index in [-0.39, 0.29) is 17.4 Å². The Morgan fingerprint density at radius 1 is 1.46 bits per heavy atom. The van der Waals surface area contributed by atoms with Gasteiger partial charge in [-0.2, -0.15) is 10.5 Å². The van der Waals surface area contributed by atoms with Crippen molar-refractivity contribution in [1.29, 1.82) is 10.5 Å². The Hall–Kier alpha value is -1.61. The van der Waals surface area contributed by atoms with Crippen LogP contribution in [0.5, 0.6) is 0 Å². The maximum Gasteiger partial charge on any atom is 0.168 e. The number of halogens is 1. The first-order chi connectivity index (χ1) is 6.19. The van der Waals surface area contributed by atoms with Crippen LogP contribution in [-0.4, -0.2) is 5.67 Å². The first-order valence-corrected chi connectivity index (χ1v) is 4.12. The van der Waals surface area contributed by atoms with E-state index in [0.717, 1.165) is 0 Å². The summed E-state index contributed by atoms with van der Waals surface area (Å²) in [6.07, 6.45) is 4.68. The van der Waals surface area contributed by atoms with Crippen LogP contribution in [0.2, 0.25) is 0 Å². The third-order valence-corrected chi connectivity index (χ3v) is 3.42. The summed E-state index contributed by atoms with van der Waals surface area (Å²) < 4.78 is 14.1. The second-order valence-corrected chi connectivity index (χ2v) is 3.85. The summed E-state index contributed by atoms with van der Waals surface area (Å²) in [7, 11) is 0. The van der Waals surface area contributed by atoms with Crippen molar-refractivity contribution < 1.29 is 4.39 Å². The van der Waals surface area contributed by atoms with E-state index in [1.807, 2.05) is 6.07 Å². The largest absolute Gasteiger partial charge is 0.233 e. The zero-order chi connectivity index (χ0) is 9.27. The lowest BCUT2D eigenvalue weighted by Crippen LogP contribution is -2.21. The molecule has 0 aromatic heterocycles. The summed E-state index contributed by atoms with van der Waals surface area (Å²) >= 11 is 0. The third-order valence-electron chi connectivity index (χ3n) is 3.42. The molecule has 4 atom stereocenters. The van der Waals surface area contributed by atoms with Gasteiger partial charge in [0.05, 0.1) is 23.1 Å². The maximum absolute atomic E-state index is 14.1. The number of alkyl halides is 1. The Kier molecular flexibility index (Phi) is 0.812. The van der Waals surface area contributed by atoms with Crippen LogP contribution in [0.25, 0.3) is 0 Å². The molecule has 0 aromatic rings. The van der Waals surface area contributed by atoms with E-state index >= 15 is 0 Å². The third kappa shape index (κ3) is 0.448. The molecule has 0 radical (unpaired) electrons. The summed E-state index contributed by atoms with van der Waals surface area (Å²) in [4.78, 5) is 0. The van der Waals surface area contributed by atoms with E-state index in [1.54, 1.807) is 6.08 Å². The molecule has 0 aliphatic heterocycles. The normalized spacial score (nSPS) is 53.6. The fourth-order valence-electron chi connectivity index (χ4n) is 2.75. The van der Waals surface area contributed by atoms with Gasteiger partial charge in [0.25, 0.3) is 0 Å². The summed E-state index contributed by atoms with van der Waals surface area (Å²) in [5.74, 6) is -0.292. The summed E-state index contributed by atoms with van der Waals surface area (Å²) in [5.41, 5.74) is -2.20. The molecule has 13 heavy (non-hydrogen) atoms. The van der Waals surface area contributed by atoms with Crippen LogP contribution in [0.3, 0.4) is 0 Å². The second kappa shape index (κ2) is 1.54. The van der Waals surface area contributed by atoms with Crippen LogP contribution < -0.4 is 0 Å². The zero-order valence-corrected chi connectivity index (χ0v) is 6.66. The van der Waals surface area contributed by atoms with E-state index in [0.29, 0.717) is 0 Å². The Bertz CT molecular complexity index is 451. The second-order valence-electron chi connectivity index (χ2n) is 3.85. The Morgan fingerprint density at radius 2 is 2.23 bits per heavy atom. The van der Waals surface area contributed by atoms with Crippen molar-refractivity contribution in [2.24, 2.45) is 17.3 Å². The van der Waals surface area contributed by atoms with E-state index in [1.165, 1.54) is 12.2 Å². The van der Waals surface area contributed by atoms with Gasteiger partial charge in [0.15, 0.2) is 5.67 Å². The van der Waals surface area contributed by atoms with Gasteiger partial charge in [-0.3, -0.25) is 0 Å². The molecule has 3 heteroatoms. The highest BCUT2D eigenvalue weighted by Crippen LogP contribution is 2.75. The predicted molar refractivity (Wildman–Crippen MR) is 41.7 cm³/mol. The summed E-state index contributed by atoms with van der Waals surface area (Å²) in [6.45, 7) is 0. The molecular weight excluding hydrogens is 167 g/mol. The van der Waals surface area contributed by atoms with Crippen molar-refractivity contribution in [2.75, 3.05) is 0 Å². The molecular formula is C10H5FN2. The van der Waals surface area contributed by atoms with Crippen LogP contribution in [0.15, 0.2) is 23.8 Å². The molecule has 2 nitrogen and oxygen atoms in total. The van der Waals surface area contributed by atoms with Gasteiger partial charge in [0.1, 0.15) is 0 Å². The summed E-state index contributed by atoms with van der Waals surface area (Å²) in [6, 6.07) is 3.95. The highest BCUT2D eigenvalue weighted by molar-refractivity contribution is 5.60. The fourth-order valence-corrected chi connectivity index (χ4v) is 2.75. The zero-order valence-electron chi connectivity index (χ0n) is 6.66. The molecule has 0 saturated heterocycles. The lowest BCUT2D eigenvalue weighted by molar-refractivity contribution is 0.256. The van der Waals surface area contributed by atoms with Gasteiger partial charge in [-0.15, -0.1) is 0 Å². The molecule has 3 aliphatic carbocycles. The molecule has 3 aliphatic rings. The number of allylic oxidation sites excluding steroid dienone is 4. The van der Waals surface area contributed by atoms with Gasteiger partial charge in [0, 0.05) is 11.8 Å². The van der Waals surface area contributed by atoms with Crippen molar-refractivity contribution in [2.45, 2.75) is 5.67 Å². The lowest BCUT2D eigenvalue weighted by Gasteiger charge is -2.13. The number of nitrogens with zero attached hydrogens (tertiary/aromatic N) is 2. The molecule has 0 bridgehead atoms. The quantitative estimate of drug-likeness (QED) is 0.519. The molecule has 3 rings (SSSR count). The van der Waals surface area contributed by atoms with Gasteiger partial charge in [0.2, 0.25) is 0 Å². The van der Waals surface area contributed by atoms with Crippen molar-refractivity contribution >= 4 is 0 Å². The van der Waals surface area contributed by atoms with Crippen molar-refractivity contribution in [3.63, 3.8) is 0 Å². The molecule has 62 valence electrons. The van der Waals surface area contributed by atoms with Gasteiger partial charge in [-0.1, -0.05) is 6.08 Å². The molecule has 0 N–H and O–H groups in total. The number of nitriles is 2. The topological polar surface area (TPSA) is 47.6 Å². The summed E-state index contributed by atoms with van der Waals surface area (Å²) in [5, 5.41) is 17.6. The van der Waals surface area contributed by atoms with Crippen molar-refractivity contribution in [3.05, 3.63) is 23.8 Å². The minimum atomic E-state index is -1.63. The Morgan fingerprint density at radius 3 is 2.77 bits per heavy atom. The average molecular weight is 172 g/mol. The SMILES string of the molecule is N#CC1=CC2(C#N)C3C=CC1(F)C32. The first kappa shape index (κ1) is 6.86. The van der Waals surface area contributed by atoms with Crippen LogP contribution >= 0.6 is 0 Å². The van der Waals surface area contributed by atoms with Crippen molar-refractivity contribution in [3.8, 4) is 12.1 Å².